The topological polar surface area (TPSA) is 38.7 Å². The highest BCUT2D eigenvalue weighted by Gasteiger charge is 2.43. The number of hydrogen-bond acceptors (Lipinski definition) is 4. The zero-order valence-corrected chi connectivity index (χ0v) is 15.6. The summed E-state index contributed by atoms with van der Waals surface area (Å²) in [6, 6.07) is 0.407. The summed E-state index contributed by atoms with van der Waals surface area (Å²) >= 11 is 0. The van der Waals surface area contributed by atoms with Crippen LogP contribution in [0.15, 0.2) is 0 Å². The van der Waals surface area contributed by atoms with Gasteiger partial charge in [0.25, 0.3) is 0 Å². The standard InChI is InChI=1S/C20H39N3O/c24-20(11-9-17-23-16-7-3-10-19(20)23)18-21-12-4-8-15-22-13-5-1-2-6-14-22/h19,21,24H,1-18H2/t19-,20-/m1/s1. The summed E-state index contributed by atoms with van der Waals surface area (Å²) in [4.78, 5) is 5.20. The van der Waals surface area contributed by atoms with Crippen LogP contribution in [0.25, 0.3) is 0 Å². The van der Waals surface area contributed by atoms with Crippen LogP contribution in [0.1, 0.15) is 70.6 Å². The second kappa shape index (κ2) is 9.51. The van der Waals surface area contributed by atoms with Gasteiger partial charge in [-0.3, -0.25) is 4.90 Å². The summed E-state index contributed by atoms with van der Waals surface area (Å²) in [5, 5.41) is 14.7. The highest BCUT2D eigenvalue weighted by Crippen LogP contribution is 2.33. The van der Waals surface area contributed by atoms with Gasteiger partial charge >= 0.3 is 0 Å². The van der Waals surface area contributed by atoms with E-state index in [1.165, 1.54) is 90.5 Å². The molecule has 2 atom stereocenters. The molecular formula is C20H39N3O. The number of fused-ring (bicyclic) bond motifs is 1. The molecule has 3 saturated heterocycles. The van der Waals surface area contributed by atoms with Gasteiger partial charge < -0.3 is 15.3 Å². The molecule has 140 valence electrons. The fourth-order valence-electron chi connectivity index (χ4n) is 5.08. The Kier molecular flexibility index (Phi) is 7.38. The SMILES string of the molecule is O[C@@]1(CNCCCCN2CCCCCC2)CCCN2CCCC[C@@H]21. The van der Waals surface area contributed by atoms with E-state index in [1.54, 1.807) is 0 Å². The number of nitrogens with zero attached hydrogens (tertiary/aromatic N) is 2. The van der Waals surface area contributed by atoms with Crippen molar-refractivity contribution in [3.8, 4) is 0 Å². The molecule has 0 aromatic rings. The van der Waals surface area contributed by atoms with Gasteiger partial charge in [-0.1, -0.05) is 19.3 Å². The second-order valence-electron chi connectivity index (χ2n) is 8.39. The molecular weight excluding hydrogens is 298 g/mol. The summed E-state index contributed by atoms with van der Waals surface area (Å²) in [5.74, 6) is 0. The lowest BCUT2D eigenvalue weighted by molar-refractivity contribution is -0.0917. The van der Waals surface area contributed by atoms with Crippen LogP contribution in [-0.2, 0) is 0 Å². The van der Waals surface area contributed by atoms with E-state index >= 15 is 0 Å². The third-order valence-corrected chi connectivity index (χ3v) is 6.50. The molecule has 2 N–H and O–H groups in total. The van der Waals surface area contributed by atoms with Crippen molar-refractivity contribution in [3.05, 3.63) is 0 Å². The van der Waals surface area contributed by atoms with E-state index in [0.29, 0.717) is 6.04 Å². The maximum absolute atomic E-state index is 11.1. The fourth-order valence-corrected chi connectivity index (χ4v) is 5.08. The normalized spacial score (nSPS) is 33.1. The monoisotopic (exact) mass is 337 g/mol. The van der Waals surface area contributed by atoms with Gasteiger partial charge in [-0.05, 0) is 90.6 Å². The van der Waals surface area contributed by atoms with E-state index in [9.17, 15) is 5.11 Å². The molecule has 0 aliphatic carbocycles. The molecule has 0 saturated carbocycles. The Bertz CT molecular complexity index is 355. The Hall–Kier alpha value is -0.160. The van der Waals surface area contributed by atoms with Gasteiger partial charge in [-0.2, -0.15) is 0 Å². The molecule has 3 rings (SSSR count). The van der Waals surface area contributed by atoms with Crippen LogP contribution >= 0.6 is 0 Å². The minimum atomic E-state index is -0.483. The van der Waals surface area contributed by atoms with Crippen LogP contribution in [0.5, 0.6) is 0 Å². The summed E-state index contributed by atoms with van der Waals surface area (Å²) in [7, 11) is 0. The first-order valence-electron chi connectivity index (χ1n) is 10.7. The van der Waals surface area contributed by atoms with Gasteiger partial charge in [-0.15, -0.1) is 0 Å². The summed E-state index contributed by atoms with van der Waals surface area (Å²) in [6.07, 6.45) is 14.1. The molecule has 0 bridgehead atoms. The minimum Gasteiger partial charge on any atom is -0.387 e. The quantitative estimate of drug-likeness (QED) is 0.701. The smallest absolute Gasteiger partial charge is 0.0926 e. The Morgan fingerprint density at radius 1 is 0.875 bits per heavy atom. The first kappa shape index (κ1) is 18.6. The fraction of sp³-hybridized carbons (Fsp3) is 1.00. The molecule has 3 aliphatic heterocycles. The molecule has 0 spiro atoms. The van der Waals surface area contributed by atoms with E-state index < -0.39 is 5.60 Å². The first-order valence-corrected chi connectivity index (χ1v) is 10.7. The van der Waals surface area contributed by atoms with Gasteiger partial charge in [0, 0.05) is 12.6 Å². The van der Waals surface area contributed by atoms with E-state index in [0.717, 1.165) is 25.9 Å². The van der Waals surface area contributed by atoms with Crippen LogP contribution in [0.2, 0.25) is 0 Å². The van der Waals surface area contributed by atoms with Gasteiger partial charge in [0.2, 0.25) is 0 Å². The maximum Gasteiger partial charge on any atom is 0.0926 e. The Balaban J connectivity index is 1.30. The lowest BCUT2D eigenvalue weighted by Gasteiger charge is -2.49. The molecule has 4 nitrogen and oxygen atoms in total. The maximum atomic E-state index is 11.1. The van der Waals surface area contributed by atoms with E-state index in [4.69, 9.17) is 0 Å². The predicted octanol–water partition coefficient (Wildman–Crippen LogP) is 2.61. The van der Waals surface area contributed by atoms with Crippen LogP contribution < -0.4 is 5.32 Å². The van der Waals surface area contributed by atoms with Crippen molar-refractivity contribution in [2.45, 2.75) is 82.3 Å². The van der Waals surface area contributed by atoms with Crippen molar-refractivity contribution in [1.29, 1.82) is 0 Å². The first-order chi connectivity index (χ1) is 11.8. The zero-order chi connectivity index (χ0) is 16.7. The lowest BCUT2D eigenvalue weighted by atomic mass is 9.79. The number of nitrogens with one attached hydrogen (secondary N) is 1. The molecule has 24 heavy (non-hydrogen) atoms. The molecule has 0 aromatic carbocycles. The van der Waals surface area contributed by atoms with Crippen molar-refractivity contribution < 1.29 is 5.11 Å². The number of likely N-dealkylation sites (tertiary alicyclic amines) is 1. The third kappa shape index (κ3) is 5.17. The molecule has 3 heterocycles. The molecule has 4 heteroatoms. The number of unbranched alkanes of at least 4 members (excludes halogenated alkanes) is 1. The third-order valence-electron chi connectivity index (χ3n) is 6.50. The van der Waals surface area contributed by atoms with Crippen LogP contribution in [0.3, 0.4) is 0 Å². The molecule has 0 amide bonds. The number of piperidine rings is 2. The lowest BCUT2D eigenvalue weighted by Crippen LogP contribution is -2.62. The second-order valence-corrected chi connectivity index (χ2v) is 8.39. The number of aliphatic hydroxyl groups is 1. The van der Waals surface area contributed by atoms with Crippen LogP contribution in [-0.4, -0.2) is 72.4 Å². The molecule has 3 aliphatic rings. The molecule has 3 fully saturated rings. The van der Waals surface area contributed by atoms with Crippen molar-refractivity contribution in [2.24, 2.45) is 0 Å². The Morgan fingerprint density at radius 2 is 1.62 bits per heavy atom. The minimum absolute atomic E-state index is 0.407. The zero-order valence-electron chi connectivity index (χ0n) is 15.6. The summed E-state index contributed by atoms with van der Waals surface area (Å²) in [5.41, 5.74) is -0.483. The van der Waals surface area contributed by atoms with Gasteiger partial charge in [0.1, 0.15) is 0 Å². The highest BCUT2D eigenvalue weighted by atomic mass is 16.3. The number of rotatable bonds is 7. The van der Waals surface area contributed by atoms with Gasteiger partial charge in [0.05, 0.1) is 5.60 Å². The van der Waals surface area contributed by atoms with Crippen molar-refractivity contribution in [2.75, 3.05) is 45.8 Å². The van der Waals surface area contributed by atoms with E-state index in [2.05, 4.69) is 15.1 Å². The molecule has 0 unspecified atom stereocenters. The van der Waals surface area contributed by atoms with E-state index in [1.807, 2.05) is 0 Å². The van der Waals surface area contributed by atoms with Gasteiger partial charge in [-0.25, -0.2) is 0 Å². The average Bonchev–Trinajstić information content (AvgIpc) is 2.87. The van der Waals surface area contributed by atoms with Crippen molar-refractivity contribution >= 4 is 0 Å². The van der Waals surface area contributed by atoms with Crippen molar-refractivity contribution in [3.63, 3.8) is 0 Å². The average molecular weight is 338 g/mol. The summed E-state index contributed by atoms with van der Waals surface area (Å²) < 4.78 is 0. The summed E-state index contributed by atoms with van der Waals surface area (Å²) in [6.45, 7) is 8.13. The Labute approximate surface area is 149 Å². The van der Waals surface area contributed by atoms with Crippen molar-refractivity contribution in [1.82, 2.24) is 15.1 Å². The number of hydrogen-bond donors (Lipinski definition) is 2. The Morgan fingerprint density at radius 3 is 2.46 bits per heavy atom. The predicted molar refractivity (Wildman–Crippen MR) is 100 cm³/mol. The molecule has 0 radical (unpaired) electrons. The largest absolute Gasteiger partial charge is 0.387 e. The van der Waals surface area contributed by atoms with E-state index in [-0.39, 0.29) is 0 Å². The van der Waals surface area contributed by atoms with Crippen LogP contribution in [0, 0.1) is 0 Å². The highest BCUT2D eigenvalue weighted by molar-refractivity contribution is 4.99. The van der Waals surface area contributed by atoms with Crippen LogP contribution in [0.4, 0.5) is 0 Å². The molecule has 0 aromatic heterocycles. The van der Waals surface area contributed by atoms with Gasteiger partial charge in [0.15, 0.2) is 0 Å².